The summed E-state index contributed by atoms with van der Waals surface area (Å²) in [6, 6.07) is -1.02. The summed E-state index contributed by atoms with van der Waals surface area (Å²) in [5.74, 6) is -8.96. The third kappa shape index (κ3) is 3.70. The van der Waals surface area contributed by atoms with E-state index in [0.29, 0.717) is 19.4 Å². The van der Waals surface area contributed by atoms with Crippen LogP contribution in [0.2, 0.25) is 0 Å². The smallest absolute Gasteiger partial charge is 0.417 e. The quantitative estimate of drug-likeness (QED) is 0.305. The second-order valence-corrected chi connectivity index (χ2v) is 10.8. The van der Waals surface area contributed by atoms with Crippen LogP contribution in [0.15, 0.2) is 28.7 Å². The molecule has 5 rings (SSSR count). The first-order chi connectivity index (χ1) is 18.1. The lowest BCUT2D eigenvalue weighted by atomic mass is 9.58. The number of carbonyl (C=O) groups is 3. The summed E-state index contributed by atoms with van der Waals surface area (Å²) in [6.07, 6.45) is -4.57. The van der Waals surface area contributed by atoms with E-state index in [9.17, 15) is 48.0 Å². The van der Waals surface area contributed by atoms with Crippen molar-refractivity contribution in [1.82, 2.24) is 10.2 Å². The van der Waals surface area contributed by atoms with E-state index in [1.54, 1.807) is 0 Å². The lowest BCUT2D eigenvalue weighted by molar-refractivity contribution is -0.148. The van der Waals surface area contributed by atoms with Crippen LogP contribution >= 0.6 is 0 Å². The number of hydrogen-bond donors (Lipinski definition) is 6. The monoisotopic (exact) mass is 551 g/mol. The predicted octanol–water partition coefficient (Wildman–Crippen LogP) is 1.56. The Bertz CT molecular complexity index is 1380. The summed E-state index contributed by atoms with van der Waals surface area (Å²) in [5.41, 5.74) is -1.35. The van der Waals surface area contributed by atoms with E-state index in [-0.39, 0.29) is 12.0 Å². The first kappa shape index (κ1) is 27.2. The van der Waals surface area contributed by atoms with Crippen molar-refractivity contribution in [3.05, 3.63) is 51.0 Å². The van der Waals surface area contributed by atoms with E-state index in [2.05, 4.69) is 5.32 Å². The number of hydrogen-bond acceptors (Lipinski definition) is 9. The molecule has 1 aromatic rings. The first-order valence-corrected chi connectivity index (χ1v) is 12.5. The van der Waals surface area contributed by atoms with Gasteiger partial charge in [-0.05, 0) is 69.4 Å². The Morgan fingerprint density at radius 3 is 2.41 bits per heavy atom. The number of aliphatic hydroxyl groups is 3. The van der Waals surface area contributed by atoms with Crippen LogP contribution in [0.1, 0.15) is 52.4 Å². The number of primary amides is 1. The number of allylic oxidation sites excluding steroid dienone is 1. The maximum absolute atomic E-state index is 14.5. The molecule has 0 aromatic heterocycles. The number of fused-ring (bicyclic) bond motifs is 3. The van der Waals surface area contributed by atoms with Gasteiger partial charge in [-0.25, -0.2) is 0 Å². The number of nitrogens with one attached hydrogen (secondary N) is 1. The van der Waals surface area contributed by atoms with Gasteiger partial charge < -0.3 is 31.5 Å². The topological polar surface area (TPSA) is 173 Å². The van der Waals surface area contributed by atoms with Crippen LogP contribution in [0, 0.1) is 11.8 Å². The fourth-order valence-electron chi connectivity index (χ4n) is 6.91. The molecule has 3 aliphatic carbocycles. The van der Waals surface area contributed by atoms with Crippen molar-refractivity contribution in [2.24, 2.45) is 17.6 Å². The van der Waals surface area contributed by atoms with Crippen LogP contribution in [0.4, 0.5) is 13.2 Å². The van der Waals surface area contributed by atoms with Gasteiger partial charge in [-0.2, -0.15) is 13.2 Å². The molecule has 0 radical (unpaired) electrons. The molecule has 13 heteroatoms. The van der Waals surface area contributed by atoms with Crippen LogP contribution < -0.4 is 11.1 Å². The van der Waals surface area contributed by atoms with E-state index in [1.165, 1.54) is 19.0 Å². The Kier molecular flexibility index (Phi) is 6.13. The number of nitrogens with zero attached hydrogens (tertiary/aromatic N) is 1. The van der Waals surface area contributed by atoms with Crippen molar-refractivity contribution in [3.8, 4) is 5.75 Å². The third-order valence-corrected chi connectivity index (χ3v) is 8.47. The van der Waals surface area contributed by atoms with Crippen LogP contribution in [0.25, 0.3) is 0 Å². The zero-order valence-electron chi connectivity index (χ0n) is 21.1. The number of aromatic hydroxyl groups is 1. The molecule has 1 amide bonds. The van der Waals surface area contributed by atoms with Gasteiger partial charge in [0.2, 0.25) is 5.78 Å². The van der Waals surface area contributed by atoms with Gasteiger partial charge in [0.05, 0.1) is 17.2 Å². The van der Waals surface area contributed by atoms with Gasteiger partial charge in [-0.1, -0.05) is 0 Å². The van der Waals surface area contributed by atoms with Crippen molar-refractivity contribution in [1.29, 1.82) is 0 Å². The van der Waals surface area contributed by atoms with E-state index in [1.807, 2.05) is 0 Å². The number of amides is 1. The highest BCUT2D eigenvalue weighted by atomic mass is 19.4. The van der Waals surface area contributed by atoms with Crippen molar-refractivity contribution in [2.75, 3.05) is 20.6 Å². The summed E-state index contributed by atoms with van der Waals surface area (Å²) >= 11 is 0. The molecule has 1 saturated heterocycles. The minimum absolute atomic E-state index is 0.182. The number of alkyl halides is 3. The van der Waals surface area contributed by atoms with Crippen LogP contribution in [-0.4, -0.2) is 75.1 Å². The van der Waals surface area contributed by atoms with Gasteiger partial charge in [-0.15, -0.1) is 0 Å². The van der Waals surface area contributed by atoms with Crippen molar-refractivity contribution >= 4 is 17.5 Å². The molecule has 0 saturated carbocycles. The first-order valence-electron chi connectivity index (χ1n) is 12.5. The number of Topliss-reactive ketones (excluding diaryl/α,β-unsaturated/α-hetero) is 2. The molecule has 7 N–H and O–H groups in total. The Morgan fingerprint density at radius 2 is 1.87 bits per heavy atom. The number of likely N-dealkylation sites (N-methyl/N-ethyl adjacent to an activating group) is 1. The Hall–Kier alpha value is -3.42. The van der Waals surface area contributed by atoms with Crippen molar-refractivity contribution < 1.29 is 48.0 Å². The van der Waals surface area contributed by atoms with Gasteiger partial charge in [0, 0.05) is 17.5 Å². The minimum atomic E-state index is -4.87. The Labute approximate surface area is 220 Å². The number of benzene rings is 1. The van der Waals surface area contributed by atoms with E-state index < -0.39 is 105 Å². The number of rotatable bonds is 3. The zero-order valence-corrected chi connectivity index (χ0v) is 21.1. The molecule has 10 nitrogen and oxygen atoms in total. The molecule has 0 bridgehead atoms. The second kappa shape index (κ2) is 8.80. The molecular formula is C26H28F3N3O7. The van der Waals surface area contributed by atoms with Crippen LogP contribution in [-0.2, 0) is 22.2 Å². The van der Waals surface area contributed by atoms with Gasteiger partial charge in [0.15, 0.2) is 11.4 Å². The number of carbonyl (C=O) groups excluding carboxylic acids is 3. The third-order valence-electron chi connectivity index (χ3n) is 8.47. The zero-order chi connectivity index (χ0) is 28.8. The van der Waals surface area contributed by atoms with Crippen LogP contribution in [0.3, 0.4) is 0 Å². The SMILES string of the molecule is CN(C)[C@@H]1C(O)=C(C(N)=O)C(=O)[C@@]2(O)C(O)=C3C(=O)c4c(O)cc(C5CCCN5)c(C(F)(F)F)c4C[C@H]3C[C@@H]12. The predicted molar refractivity (Wildman–Crippen MR) is 129 cm³/mol. The molecule has 5 atom stereocenters. The molecule has 210 valence electrons. The van der Waals surface area contributed by atoms with Crippen molar-refractivity contribution in [3.63, 3.8) is 0 Å². The van der Waals surface area contributed by atoms with Gasteiger partial charge >= 0.3 is 6.18 Å². The summed E-state index contributed by atoms with van der Waals surface area (Å²) in [6.45, 7) is 0.493. The highest BCUT2D eigenvalue weighted by molar-refractivity contribution is 6.24. The summed E-state index contributed by atoms with van der Waals surface area (Å²) in [7, 11) is 2.93. The minimum Gasteiger partial charge on any atom is -0.510 e. The number of nitrogens with two attached hydrogens (primary N) is 1. The standard InChI is InChI=1S/C26H28F3N3O7/c1-32(2)19-12-7-9-6-11-16(14(33)8-10(13-4-3-5-31-13)18(11)26(27,28)29)20(34)15(9)22(36)25(12,39)23(37)17(21(19)35)24(30)38/h8-9,12-13,19,31,33,35-36,39H,3-7H2,1-2H3,(H2,30,38)/t9-,12-,13?,19-,25-/m0/s1. The number of halogens is 3. The average Bonchev–Trinajstić information content (AvgIpc) is 3.34. The molecule has 1 unspecified atom stereocenters. The molecule has 1 aromatic carbocycles. The lowest BCUT2D eigenvalue weighted by Gasteiger charge is -2.50. The number of aliphatic hydroxyl groups excluding tert-OH is 2. The number of ketones is 2. The van der Waals surface area contributed by atoms with E-state index in [4.69, 9.17) is 5.73 Å². The lowest BCUT2D eigenvalue weighted by Crippen LogP contribution is -2.63. The fourth-order valence-corrected chi connectivity index (χ4v) is 6.91. The molecule has 1 aliphatic heterocycles. The largest absolute Gasteiger partial charge is 0.510 e. The molecule has 39 heavy (non-hydrogen) atoms. The normalized spacial score (nSPS) is 30.9. The van der Waals surface area contributed by atoms with E-state index >= 15 is 0 Å². The maximum Gasteiger partial charge on any atom is 0.417 e. The molecule has 1 fully saturated rings. The molecule has 0 spiro atoms. The van der Waals surface area contributed by atoms with Gasteiger partial charge in [0.1, 0.15) is 22.8 Å². The Morgan fingerprint density at radius 1 is 1.21 bits per heavy atom. The number of phenols is 1. The second-order valence-electron chi connectivity index (χ2n) is 10.8. The van der Waals surface area contributed by atoms with Crippen molar-refractivity contribution in [2.45, 2.75) is 49.5 Å². The molecule has 1 heterocycles. The van der Waals surface area contributed by atoms with Gasteiger partial charge in [-0.3, -0.25) is 19.3 Å². The fraction of sp³-hybridized carbons (Fsp3) is 0.500. The highest BCUT2D eigenvalue weighted by Gasteiger charge is 2.63. The number of phenolic OH excluding ortho intramolecular Hbond substituents is 1. The van der Waals surface area contributed by atoms with Crippen LogP contribution in [0.5, 0.6) is 5.75 Å². The summed E-state index contributed by atoms with van der Waals surface area (Å²) < 4.78 is 43.5. The molecular weight excluding hydrogens is 523 g/mol. The summed E-state index contributed by atoms with van der Waals surface area (Å²) in [4.78, 5) is 40.4. The van der Waals surface area contributed by atoms with Gasteiger partial charge in [0.25, 0.3) is 5.91 Å². The van der Waals surface area contributed by atoms with E-state index in [0.717, 1.165) is 6.07 Å². The Balaban J connectivity index is 1.74. The average molecular weight is 552 g/mol. The maximum atomic E-state index is 14.5. The summed E-state index contributed by atoms with van der Waals surface area (Å²) in [5, 5.41) is 47.4. The molecule has 4 aliphatic rings. The highest BCUT2D eigenvalue weighted by Crippen LogP contribution is 2.54.